The number of nitrogens with zero attached hydrogens (tertiary/aromatic N) is 3. The fourth-order valence-corrected chi connectivity index (χ4v) is 2.28. The number of aryl methyl sites for hydroxylation is 2. The number of rotatable bonds is 6. The van der Waals surface area contributed by atoms with Crippen molar-refractivity contribution in [2.24, 2.45) is 13.0 Å². The Morgan fingerprint density at radius 1 is 1.35 bits per heavy atom. The van der Waals surface area contributed by atoms with Gasteiger partial charge in [-0.25, -0.2) is 0 Å². The SMILES string of the molecule is CCN(CC(=O)Nc1c(C)nn(C)c1C)[C@@H](C)C(C)C. The first-order valence-corrected chi connectivity index (χ1v) is 7.32. The average Bonchev–Trinajstić information content (AvgIpc) is 2.61. The normalized spacial score (nSPS) is 13.1. The Hall–Kier alpha value is -1.36. The zero-order valence-corrected chi connectivity index (χ0v) is 13.8. The second-order valence-electron chi connectivity index (χ2n) is 5.77. The van der Waals surface area contributed by atoms with Crippen molar-refractivity contribution in [3.8, 4) is 0 Å². The Bertz CT molecular complexity index is 465. The molecule has 1 aromatic heterocycles. The molecule has 0 bridgehead atoms. The van der Waals surface area contributed by atoms with Crippen LogP contribution in [0.3, 0.4) is 0 Å². The molecule has 0 fully saturated rings. The standard InChI is InChI=1S/C15H28N4O/c1-8-19(12(5)10(2)3)9-14(20)16-15-11(4)17-18(7)13(15)6/h10,12H,8-9H2,1-7H3,(H,16,20)/t12-/m0/s1. The van der Waals surface area contributed by atoms with Crippen LogP contribution in [0.2, 0.25) is 0 Å². The van der Waals surface area contributed by atoms with Gasteiger partial charge in [-0.1, -0.05) is 20.8 Å². The smallest absolute Gasteiger partial charge is 0.238 e. The monoisotopic (exact) mass is 280 g/mol. The lowest BCUT2D eigenvalue weighted by Gasteiger charge is -2.30. The Labute approximate surface area is 122 Å². The highest BCUT2D eigenvalue weighted by Gasteiger charge is 2.19. The third kappa shape index (κ3) is 3.82. The Kier molecular flexibility index (Phi) is 5.74. The van der Waals surface area contributed by atoms with Gasteiger partial charge in [-0.15, -0.1) is 0 Å². The molecule has 1 N–H and O–H groups in total. The molecule has 5 nitrogen and oxygen atoms in total. The molecule has 114 valence electrons. The molecule has 1 atom stereocenters. The van der Waals surface area contributed by atoms with Crippen LogP contribution in [0.25, 0.3) is 0 Å². The Morgan fingerprint density at radius 3 is 2.35 bits per heavy atom. The van der Waals surface area contributed by atoms with E-state index in [9.17, 15) is 4.79 Å². The first kappa shape index (κ1) is 16.7. The molecule has 20 heavy (non-hydrogen) atoms. The molecule has 1 rings (SSSR count). The van der Waals surface area contributed by atoms with Crippen LogP contribution in [0.5, 0.6) is 0 Å². The minimum absolute atomic E-state index is 0.0264. The number of likely N-dealkylation sites (N-methyl/N-ethyl adjacent to an activating group) is 1. The molecule has 0 aromatic carbocycles. The van der Waals surface area contributed by atoms with Crippen molar-refractivity contribution in [1.29, 1.82) is 0 Å². The van der Waals surface area contributed by atoms with E-state index in [1.807, 2.05) is 20.9 Å². The van der Waals surface area contributed by atoms with Gasteiger partial charge < -0.3 is 5.32 Å². The summed E-state index contributed by atoms with van der Waals surface area (Å²) in [7, 11) is 1.89. The summed E-state index contributed by atoms with van der Waals surface area (Å²) in [4.78, 5) is 14.4. The van der Waals surface area contributed by atoms with Crippen LogP contribution in [0.15, 0.2) is 0 Å². The molecule has 0 aliphatic rings. The van der Waals surface area contributed by atoms with Gasteiger partial charge in [-0.2, -0.15) is 5.10 Å². The molecular formula is C15H28N4O. The van der Waals surface area contributed by atoms with E-state index in [-0.39, 0.29) is 5.91 Å². The summed E-state index contributed by atoms with van der Waals surface area (Å²) >= 11 is 0. The predicted molar refractivity (Wildman–Crippen MR) is 82.9 cm³/mol. The van der Waals surface area contributed by atoms with E-state index < -0.39 is 0 Å². The number of aromatic nitrogens is 2. The predicted octanol–water partition coefficient (Wildman–Crippen LogP) is 2.34. The molecule has 0 saturated carbocycles. The van der Waals surface area contributed by atoms with E-state index in [0.29, 0.717) is 18.5 Å². The van der Waals surface area contributed by atoms with Gasteiger partial charge in [0.25, 0.3) is 0 Å². The van der Waals surface area contributed by atoms with Crippen LogP contribution in [-0.2, 0) is 11.8 Å². The lowest BCUT2D eigenvalue weighted by molar-refractivity contribution is -0.118. The highest BCUT2D eigenvalue weighted by atomic mass is 16.2. The van der Waals surface area contributed by atoms with Gasteiger partial charge in [-0.3, -0.25) is 14.4 Å². The maximum absolute atomic E-state index is 12.2. The Balaban J connectivity index is 2.71. The second-order valence-corrected chi connectivity index (χ2v) is 5.77. The van der Waals surface area contributed by atoms with Crippen LogP contribution < -0.4 is 5.32 Å². The molecule has 1 amide bonds. The topological polar surface area (TPSA) is 50.2 Å². The van der Waals surface area contributed by atoms with Crippen LogP contribution in [0.4, 0.5) is 5.69 Å². The average molecular weight is 280 g/mol. The zero-order valence-electron chi connectivity index (χ0n) is 13.8. The summed E-state index contributed by atoms with van der Waals surface area (Å²) in [5.41, 5.74) is 2.68. The van der Waals surface area contributed by atoms with Crippen molar-refractivity contribution < 1.29 is 4.79 Å². The zero-order chi connectivity index (χ0) is 15.4. The molecule has 0 radical (unpaired) electrons. The number of nitrogens with one attached hydrogen (secondary N) is 1. The summed E-state index contributed by atoms with van der Waals surface area (Å²) in [6, 6.07) is 0.391. The summed E-state index contributed by atoms with van der Waals surface area (Å²) in [5.74, 6) is 0.558. The first-order chi connectivity index (χ1) is 9.27. The Morgan fingerprint density at radius 2 is 1.95 bits per heavy atom. The highest BCUT2D eigenvalue weighted by Crippen LogP contribution is 2.18. The van der Waals surface area contributed by atoms with Gasteiger partial charge in [0, 0.05) is 13.1 Å². The van der Waals surface area contributed by atoms with E-state index in [1.54, 1.807) is 4.68 Å². The summed E-state index contributed by atoms with van der Waals surface area (Å²) in [6.07, 6.45) is 0. The lowest BCUT2D eigenvalue weighted by atomic mass is 10.0. The fourth-order valence-electron chi connectivity index (χ4n) is 2.28. The minimum atomic E-state index is 0.0264. The van der Waals surface area contributed by atoms with Gasteiger partial charge in [0.15, 0.2) is 0 Å². The number of anilines is 1. The largest absolute Gasteiger partial charge is 0.322 e. The van der Waals surface area contributed by atoms with Crippen molar-refractivity contribution in [3.05, 3.63) is 11.4 Å². The number of carbonyl (C=O) groups is 1. The van der Waals surface area contributed by atoms with Crippen LogP contribution >= 0.6 is 0 Å². The minimum Gasteiger partial charge on any atom is -0.322 e. The molecule has 1 heterocycles. The van der Waals surface area contributed by atoms with Crippen LogP contribution in [0, 0.1) is 19.8 Å². The summed E-state index contributed by atoms with van der Waals surface area (Å²) in [5, 5.41) is 7.31. The van der Waals surface area contributed by atoms with Gasteiger partial charge in [-0.05, 0) is 33.2 Å². The van der Waals surface area contributed by atoms with Crippen LogP contribution in [0.1, 0.15) is 39.1 Å². The third-order valence-corrected chi connectivity index (χ3v) is 4.07. The van der Waals surface area contributed by atoms with Crippen molar-refractivity contribution in [2.75, 3.05) is 18.4 Å². The van der Waals surface area contributed by atoms with Gasteiger partial charge in [0.2, 0.25) is 5.91 Å². The fraction of sp³-hybridized carbons (Fsp3) is 0.733. The van der Waals surface area contributed by atoms with Crippen molar-refractivity contribution in [2.45, 2.75) is 47.6 Å². The molecule has 1 aromatic rings. The number of hydrogen-bond acceptors (Lipinski definition) is 3. The lowest BCUT2D eigenvalue weighted by Crippen LogP contribution is -2.41. The van der Waals surface area contributed by atoms with Gasteiger partial charge in [0.05, 0.1) is 23.6 Å². The maximum atomic E-state index is 12.2. The van der Waals surface area contributed by atoms with E-state index in [4.69, 9.17) is 0 Å². The van der Waals surface area contributed by atoms with E-state index in [2.05, 4.69) is 43.0 Å². The maximum Gasteiger partial charge on any atom is 0.238 e. The second kappa shape index (κ2) is 6.88. The molecule has 0 aliphatic heterocycles. The first-order valence-electron chi connectivity index (χ1n) is 7.32. The van der Waals surface area contributed by atoms with E-state index in [0.717, 1.165) is 23.6 Å². The molecule has 0 spiro atoms. The van der Waals surface area contributed by atoms with Crippen molar-refractivity contribution >= 4 is 11.6 Å². The van der Waals surface area contributed by atoms with Gasteiger partial charge in [0.1, 0.15) is 0 Å². The summed E-state index contributed by atoms with van der Waals surface area (Å²) < 4.78 is 1.79. The van der Waals surface area contributed by atoms with Crippen LogP contribution in [-0.4, -0.2) is 39.7 Å². The van der Waals surface area contributed by atoms with E-state index >= 15 is 0 Å². The third-order valence-electron chi connectivity index (χ3n) is 4.07. The molecular weight excluding hydrogens is 252 g/mol. The number of amides is 1. The quantitative estimate of drug-likeness (QED) is 0.870. The summed E-state index contributed by atoms with van der Waals surface area (Å²) in [6.45, 7) is 13.8. The number of carbonyl (C=O) groups excluding carboxylic acids is 1. The molecule has 0 saturated heterocycles. The van der Waals surface area contributed by atoms with Crippen molar-refractivity contribution in [3.63, 3.8) is 0 Å². The number of hydrogen-bond donors (Lipinski definition) is 1. The molecule has 0 aliphatic carbocycles. The van der Waals surface area contributed by atoms with Gasteiger partial charge >= 0.3 is 0 Å². The van der Waals surface area contributed by atoms with E-state index in [1.165, 1.54) is 0 Å². The van der Waals surface area contributed by atoms with Crippen molar-refractivity contribution in [1.82, 2.24) is 14.7 Å². The molecule has 5 heteroatoms. The molecule has 0 unspecified atom stereocenters. The highest BCUT2D eigenvalue weighted by molar-refractivity contribution is 5.93.